The van der Waals surface area contributed by atoms with Crippen molar-refractivity contribution in [2.24, 2.45) is 0 Å². The lowest BCUT2D eigenvalue weighted by Gasteiger charge is -2.30. The predicted molar refractivity (Wildman–Crippen MR) is 129 cm³/mol. The van der Waals surface area contributed by atoms with E-state index in [4.69, 9.17) is 5.41 Å². The van der Waals surface area contributed by atoms with Crippen molar-refractivity contribution < 1.29 is 0 Å². The molecule has 33 heavy (non-hydrogen) atoms. The molecule has 0 spiro atoms. The van der Waals surface area contributed by atoms with Gasteiger partial charge < -0.3 is 14.9 Å². The number of nitrogens with zero attached hydrogens (tertiary/aromatic N) is 6. The van der Waals surface area contributed by atoms with Crippen LogP contribution in [0.1, 0.15) is 34.7 Å². The van der Waals surface area contributed by atoms with E-state index in [2.05, 4.69) is 16.0 Å². The topological polar surface area (TPSA) is 104 Å². The van der Waals surface area contributed by atoms with Crippen LogP contribution in [-0.4, -0.2) is 37.9 Å². The zero-order chi connectivity index (χ0) is 22.9. The van der Waals surface area contributed by atoms with E-state index >= 15 is 0 Å². The Morgan fingerprint density at radius 3 is 2.76 bits per heavy atom. The first kappa shape index (κ1) is 21.1. The summed E-state index contributed by atoms with van der Waals surface area (Å²) in [4.78, 5) is 24.8. The summed E-state index contributed by atoms with van der Waals surface area (Å²) in [7, 11) is 0. The standard InChI is InChI=1S/C24H23N7OS/c1-16-28-19(14-33-16)13-30-15-27-21-20(10-25)23(29-9-5-8-18(26)12-29)31(22(21)24(30)32)11-17-6-3-2-4-7-17/h2-4,6-7,14-15,26H,5,8-9,11-13H2,1H3. The second-order valence-electron chi connectivity index (χ2n) is 8.24. The van der Waals surface area contributed by atoms with Gasteiger partial charge in [-0.15, -0.1) is 11.3 Å². The highest BCUT2D eigenvalue weighted by molar-refractivity contribution is 7.09. The Hall–Kier alpha value is -3.77. The Morgan fingerprint density at radius 2 is 2.06 bits per heavy atom. The molecule has 1 N–H and O–H groups in total. The number of anilines is 1. The summed E-state index contributed by atoms with van der Waals surface area (Å²) in [5.74, 6) is 0.674. The van der Waals surface area contributed by atoms with Crippen LogP contribution in [0.4, 0.5) is 5.82 Å². The normalized spacial score (nSPS) is 14.1. The van der Waals surface area contributed by atoms with E-state index in [9.17, 15) is 10.1 Å². The van der Waals surface area contributed by atoms with E-state index in [1.807, 2.05) is 52.1 Å². The maximum atomic E-state index is 13.7. The fourth-order valence-electron chi connectivity index (χ4n) is 4.42. The lowest BCUT2D eigenvalue weighted by atomic mass is 10.1. The summed E-state index contributed by atoms with van der Waals surface area (Å²) >= 11 is 1.55. The lowest BCUT2D eigenvalue weighted by molar-refractivity contribution is 0.695. The molecule has 0 radical (unpaired) electrons. The van der Waals surface area contributed by atoms with Gasteiger partial charge in [-0.25, -0.2) is 9.97 Å². The van der Waals surface area contributed by atoms with E-state index in [0.717, 1.165) is 35.7 Å². The second-order valence-corrected chi connectivity index (χ2v) is 9.31. The number of aryl methyl sites for hydroxylation is 1. The summed E-state index contributed by atoms with van der Waals surface area (Å²) in [6.07, 6.45) is 3.11. The van der Waals surface area contributed by atoms with Gasteiger partial charge in [-0.3, -0.25) is 9.36 Å². The van der Waals surface area contributed by atoms with Crippen LogP contribution in [0.25, 0.3) is 11.0 Å². The van der Waals surface area contributed by atoms with Crippen molar-refractivity contribution in [2.45, 2.75) is 32.9 Å². The van der Waals surface area contributed by atoms with Crippen LogP contribution in [0.15, 0.2) is 46.8 Å². The Kier molecular flexibility index (Phi) is 5.52. The monoisotopic (exact) mass is 457 g/mol. The minimum absolute atomic E-state index is 0.198. The number of nitrogens with one attached hydrogen (secondary N) is 1. The molecule has 4 aromatic rings. The van der Waals surface area contributed by atoms with E-state index in [1.54, 1.807) is 15.9 Å². The Balaban J connectivity index is 1.72. The van der Waals surface area contributed by atoms with Crippen molar-refractivity contribution in [3.05, 3.63) is 74.2 Å². The molecule has 5 rings (SSSR count). The third kappa shape index (κ3) is 3.94. The second kappa shape index (κ2) is 8.64. The van der Waals surface area contributed by atoms with Gasteiger partial charge in [0.1, 0.15) is 28.5 Å². The van der Waals surface area contributed by atoms with Crippen molar-refractivity contribution >= 4 is 33.9 Å². The molecule has 0 bridgehead atoms. The van der Waals surface area contributed by atoms with Crippen LogP contribution in [0.2, 0.25) is 0 Å². The van der Waals surface area contributed by atoms with E-state index in [0.29, 0.717) is 47.8 Å². The minimum atomic E-state index is -0.198. The minimum Gasteiger partial charge on any atom is -0.351 e. The third-order valence-electron chi connectivity index (χ3n) is 5.88. The molecule has 0 amide bonds. The third-order valence-corrected chi connectivity index (χ3v) is 6.70. The molecule has 0 aliphatic carbocycles. The number of aromatic nitrogens is 4. The van der Waals surface area contributed by atoms with E-state index < -0.39 is 0 Å². The molecule has 0 unspecified atom stereocenters. The summed E-state index contributed by atoms with van der Waals surface area (Å²) < 4.78 is 3.47. The molecule has 0 atom stereocenters. The number of fused-ring (bicyclic) bond motifs is 1. The van der Waals surface area contributed by atoms with Crippen molar-refractivity contribution in [3.8, 4) is 6.07 Å². The van der Waals surface area contributed by atoms with Gasteiger partial charge in [-0.2, -0.15) is 5.26 Å². The van der Waals surface area contributed by atoms with E-state index in [-0.39, 0.29) is 5.56 Å². The van der Waals surface area contributed by atoms with Gasteiger partial charge in [0, 0.05) is 24.2 Å². The summed E-state index contributed by atoms with van der Waals surface area (Å²) in [6.45, 7) is 3.88. The predicted octanol–water partition coefficient (Wildman–Crippen LogP) is 3.55. The lowest BCUT2D eigenvalue weighted by Crippen LogP contribution is -2.37. The van der Waals surface area contributed by atoms with Crippen molar-refractivity contribution in [1.82, 2.24) is 19.1 Å². The molecule has 1 aliphatic rings. The van der Waals surface area contributed by atoms with Gasteiger partial charge in [-0.1, -0.05) is 30.3 Å². The number of hydrogen-bond donors (Lipinski definition) is 1. The number of piperidine rings is 1. The van der Waals surface area contributed by atoms with Crippen LogP contribution < -0.4 is 10.5 Å². The Labute approximate surface area is 194 Å². The average molecular weight is 458 g/mol. The molecule has 8 nitrogen and oxygen atoms in total. The fourth-order valence-corrected chi connectivity index (χ4v) is 5.03. The Bertz CT molecular complexity index is 1440. The number of benzene rings is 1. The molecule has 0 saturated carbocycles. The molecule has 1 saturated heterocycles. The highest BCUT2D eigenvalue weighted by Gasteiger charge is 2.28. The molecular formula is C24H23N7OS. The molecule has 166 valence electrons. The number of nitriles is 1. The largest absolute Gasteiger partial charge is 0.351 e. The molecule has 1 aromatic carbocycles. The van der Waals surface area contributed by atoms with Gasteiger partial charge >= 0.3 is 0 Å². The molecule has 3 aromatic heterocycles. The summed E-state index contributed by atoms with van der Waals surface area (Å²) in [5, 5.41) is 21.2. The van der Waals surface area contributed by atoms with Crippen LogP contribution in [0, 0.1) is 23.7 Å². The smallest absolute Gasteiger partial charge is 0.278 e. The maximum Gasteiger partial charge on any atom is 0.278 e. The van der Waals surface area contributed by atoms with Gasteiger partial charge in [0.05, 0.1) is 30.1 Å². The van der Waals surface area contributed by atoms with Crippen LogP contribution in [-0.2, 0) is 13.1 Å². The van der Waals surface area contributed by atoms with Crippen molar-refractivity contribution in [1.29, 1.82) is 10.7 Å². The van der Waals surface area contributed by atoms with Crippen LogP contribution in [0.3, 0.4) is 0 Å². The number of thiazole rings is 1. The first-order valence-corrected chi connectivity index (χ1v) is 11.7. The van der Waals surface area contributed by atoms with Crippen molar-refractivity contribution in [2.75, 3.05) is 18.0 Å². The molecule has 4 heterocycles. The SMILES string of the molecule is Cc1nc(Cn2cnc3c(C#N)c(N4CCCC(=N)C4)n(Cc4ccccc4)c3c2=O)cs1. The van der Waals surface area contributed by atoms with Gasteiger partial charge in [-0.05, 0) is 25.3 Å². The maximum absolute atomic E-state index is 13.7. The van der Waals surface area contributed by atoms with Gasteiger partial charge in [0.25, 0.3) is 5.56 Å². The highest BCUT2D eigenvalue weighted by Crippen LogP contribution is 2.32. The molecule has 9 heteroatoms. The van der Waals surface area contributed by atoms with Gasteiger partial charge in [0.15, 0.2) is 0 Å². The summed E-state index contributed by atoms with van der Waals surface area (Å²) in [5.41, 5.74) is 3.49. The quantitative estimate of drug-likeness (QED) is 0.494. The van der Waals surface area contributed by atoms with Crippen molar-refractivity contribution in [3.63, 3.8) is 0 Å². The number of rotatable bonds is 5. The van der Waals surface area contributed by atoms with E-state index in [1.165, 1.54) is 6.33 Å². The fraction of sp³-hybridized carbons (Fsp3) is 0.292. The molecule has 1 aliphatic heterocycles. The first-order chi connectivity index (χ1) is 16.0. The Morgan fingerprint density at radius 1 is 1.24 bits per heavy atom. The average Bonchev–Trinajstić information content (AvgIpc) is 3.37. The number of hydrogen-bond acceptors (Lipinski definition) is 7. The van der Waals surface area contributed by atoms with Crippen LogP contribution >= 0.6 is 11.3 Å². The molecular weight excluding hydrogens is 434 g/mol. The van der Waals surface area contributed by atoms with Crippen LogP contribution in [0.5, 0.6) is 0 Å². The zero-order valence-corrected chi connectivity index (χ0v) is 19.1. The van der Waals surface area contributed by atoms with Gasteiger partial charge in [0.2, 0.25) is 0 Å². The first-order valence-electron chi connectivity index (χ1n) is 10.8. The summed E-state index contributed by atoms with van der Waals surface area (Å²) in [6, 6.07) is 12.2. The molecule has 1 fully saturated rings. The zero-order valence-electron chi connectivity index (χ0n) is 18.3. The highest BCUT2D eigenvalue weighted by atomic mass is 32.1.